The number of aromatic hydroxyl groups is 1. The summed E-state index contributed by atoms with van der Waals surface area (Å²) in [6.07, 6.45) is -2.90. The van der Waals surface area contributed by atoms with Gasteiger partial charge in [0, 0.05) is 17.8 Å². The molecule has 2 aromatic heterocycles. The SMILES string of the molecule is O=C(O)NCC(NC(=O)c1ccc(-c2ccc(Cl)c(F)c2)[nH]1)c1nc(O)c(COC(=O)O)s1. The summed E-state index contributed by atoms with van der Waals surface area (Å²) in [5.41, 5.74) is 0.986. The van der Waals surface area contributed by atoms with Gasteiger partial charge in [-0.15, -0.1) is 11.3 Å². The minimum Gasteiger partial charge on any atom is -0.492 e. The average molecular weight is 499 g/mol. The number of carbonyl (C=O) groups excluding carboxylic acids is 1. The van der Waals surface area contributed by atoms with Crippen LogP contribution in [0.15, 0.2) is 30.3 Å². The molecule has 0 bridgehead atoms. The molecule has 2 heterocycles. The van der Waals surface area contributed by atoms with Crippen molar-refractivity contribution in [3.05, 3.63) is 56.8 Å². The largest absolute Gasteiger partial charge is 0.506 e. The van der Waals surface area contributed by atoms with Crippen LogP contribution in [0.3, 0.4) is 0 Å². The van der Waals surface area contributed by atoms with Gasteiger partial charge in [-0.3, -0.25) is 4.79 Å². The smallest absolute Gasteiger partial charge is 0.492 e. The number of halogens is 2. The fourth-order valence-electron chi connectivity index (χ4n) is 2.72. The summed E-state index contributed by atoms with van der Waals surface area (Å²) >= 11 is 6.52. The van der Waals surface area contributed by atoms with Crippen LogP contribution in [0, 0.1) is 5.82 Å². The first kappa shape index (κ1) is 23.8. The van der Waals surface area contributed by atoms with Crippen LogP contribution in [0.25, 0.3) is 11.3 Å². The normalized spacial score (nSPS) is 11.6. The maximum Gasteiger partial charge on any atom is 0.506 e. The zero-order chi connectivity index (χ0) is 24.1. The van der Waals surface area contributed by atoms with Crippen molar-refractivity contribution in [3.63, 3.8) is 0 Å². The van der Waals surface area contributed by atoms with E-state index < -0.39 is 42.5 Å². The highest BCUT2D eigenvalue weighted by Gasteiger charge is 2.23. The van der Waals surface area contributed by atoms with Crippen molar-refractivity contribution in [1.29, 1.82) is 0 Å². The highest BCUT2D eigenvalue weighted by molar-refractivity contribution is 7.12. The zero-order valence-electron chi connectivity index (χ0n) is 16.5. The molecule has 3 aromatic rings. The van der Waals surface area contributed by atoms with Gasteiger partial charge in [-0.25, -0.2) is 19.0 Å². The highest BCUT2D eigenvalue weighted by Crippen LogP contribution is 2.29. The molecule has 174 valence electrons. The van der Waals surface area contributed by atoms with E-state index in [2.05, 4.69) is 25.3 Å². The van der Waals surface area contributed by atoms with Crippen LogP contribution >= 0.6 is 22.9 Å². The first-order chi connectivity index (χ1) is 15.6. The number of thiazole rings is 1. The number of benzene rings is 1. The third kappa shape index (κ3) is 6.11. The number of aromatic nitrogens is 2. The van der Waals surface area contributed by atoms with E-state index in [-0.39, 0.29) is 27.1 Å². The predicted molar refractivity (Wildman–Crippen MR) is 114 cm³/mol. The van der Waals surface area contributed by atoms with Gasteiger partial charge in [0.2, 0.25) is 5.88 Å². The average Bonchev–Trinajstić information content (AvgIpc) is 3.38. The number of nitrogens with zero attached hydrogens (tertiary/aromatic N) is 1. The molecule has 0 fully saturated rings. The van der Waals surface area contributed by atoms with E-state index in [1.54, 1.807) is 12.1 Å². The van der Waals surface area contributed by atoms with E-state index >= 15 is 0 Å². The van der Waals surface area contributed by atoms with Gasteiger partial charge in [0.15, 0.2) is 0 Å². The third-order valence-corrected chi connectivity index (χ3v) is 5.68. The number of aromatic amines is 1. The van der Waals surface area contributed by atoms with Gasteiger partial charge in [0.05, 0.1) is 11.1 Å². The Balaban J connectivity index is 1.79. The molecular formula is C19H16ClFN4O7S. The predicted octanol–water partition coefficient (Wildman–Crippen LogP) is 3.57. The Morgan fingerprint density at radius 1 is 1.24 bits per heavy atom. The molecule has 0 saturated carbocycles. The van der Waals surface area contributed by atoms with Crippen LogP contribution in [0.4, 0.5) is 14.0 Å². The van der Waals surface area contributed by atoms with Crippen molar-refractivity contribution >= 4 is 41.1 Å². The van der Waals surface area contributed by atoms with Crippen LogP contribution in [-0.4, -0.2) is 50.0 Å². The lowest BCUT2D eigenvalue weighted by molar-refractivity contribution is 0.0855. The quantitative estimate of drug-likeness (QED) is 0.255. The second-order valence-corrected chi connectivity index (χ2v) is 8.00. The number of carbonyl (C=O) groups is 3. The van der Waals surface area contributed by atoms with E-state index in [4.69, 9.17) is 21.8 Å². The van der Waals surface area contributed by atoms with Gasteiger partial charge < -0.3 is 35.7 Å². The number of ether oxygens (including phenoxy) is 1. The van der Waals surface area contributed by atoms with E-state index in [9.17, 15) is 23.9 Å². The molecule has 0 aliphatic rings. The summed E-state index contributed by atoms with van der Waals surface area (Å²) in [5.74, 6) is -1.76. The Kier molecular flexibility index (Phi) is 7.35. The Morgan fingerprint density at radius 2 is 2.00 bits per heavy atom. The Morgan fingerprint density at radius 3 is 2.67 bits per heavy atom. The molecule has 0 saturated heterocycles. The van der Waals surface area contributed by atoms with Gasteiger partial charge >= 0.3 is 12.2 Å². The van der Waals surface area contributed by atoms with E-state index in [0.717, 1.165) is 11.3 Å². The van der Waals surface area contributed by atoms with Crippen LogP contribution in [-0.2, 0) is 11.3 Å². The number of amides is 2. The van der Waals surface area contributed by atoms with E-state index in [1.807, 2.05) is 0 Å². The van der Waals surface area contributed by atoms with Crippen LogP contribution in [0.2, 0.25) is 5.02 Å². The van der Waals surface area contributed by atoms with Gasteiger partial charge in [-0.2, -0.15) is 0 Å². The zero-order valence-corrected chi connectivity index (χ0v) is 18.0. The number of carboxylic acid groups (broad SMARTS) is 2. The molecule has 0 radical (unpaired) electrons. The molecule has 6 N–H and O–H groups in total. The lowest BCUT2D eigenvalue weighted by Gasteiger charge is -2.16. The number of nitrogens with one attached hydrogen (secondary N) is 3. The number of hydrogen-bond donors (Lipinski definition) is 6. The number of H-pyrrole nitrogens is 1. The molecule has 0 spiro atoms. The Bertz CT molecular complexity index is 1200. The summed E-state index contributed by atoms with van der Waals surface area (Å²) < 4.78 is 18.1. The van der Waals surface area contributed by atoms with Crippen LogP contribution < -0.4 is 10.6 Å². The molecule has 11 nitrogen and oxygen atoms in total. The van der Waals surface area contributed by atoms with Crippen molar-refractivity contribution in [2.75, 3.05) is 6.54 Å². The molecule has 2 amide bonds. The monoisotopic (exact) mass is 498 g/mol. The maximum atomic E-state index is 13.7. The molecule has 0 aliphatic heterocycles. The Hall–Kier alpha value is -3.84. The Labute approximate surface area is 193 Å². The summed E-state index contributed by atoms with van der Waals surface area (Å²) in [6.45, 7) is -0.757. The molecule has 1 aromatic carbocycles. The summed E-state index contributed by atoms with van der Waals surface area (Å²) in [5, 5.41) is 32.2. The van der Waals surface area contributed by atoms with Gasteiger partial charge in [-0.05, 0) is 24.3 Å². The van der Waals surface area contributed by atoms with E-state index in [0.29, 0.717) is 11.3 Å². The second kappa shape index (κ2) is 10.2. The first-order valence-electron chi connectivity index (χ1n) is 9.10. The van der Waals surface area contributed by atoms with Crippen LogP contribution in [0.5, 0.6) is 5.88 Å². The second-order valence-electron chi connectivity index (χ2n) is 6.48. The van der Waals surface area contributed by atoms with Crippen molar-refractivity contribution < 1.29 is 38.8 Å². The fraction of sp³-hybridized carbons (Fsp3) is 0.158. The highest BCUT2D eigenvalue weighted by atomic mass is 35.5. The summed E-state index contributed by atoms with van der Waals surface area (Å²) in [7, 11) is 0. The van der Waals surface area contributed by atoms with Crippen molar-refractivity contribution in [2.24, 2.45) is 0 Å². The van der Waals surface area contributed by atoms with Crippen molar-refractivity contribution in [2.45, 2.75) is 12.6 Å². The standard InChI is InChI=1S/C19H16ClFN4O7S/c20-9-2-1-8(5-10(9)21)11-3-4-12(23-11)15(26)24-13(6-22-18(28)29)17-25-16(27)14(33-17)7-32-19(30)31/h1-5,13,22-23,27H,6-7H2,(H,24,26)(H,28,29)(H,30,31). The summed E-state index contributed by atoms with van der Waals surface area (Å²) in [6, 6.07) is 6.15. The number of rotatable bonds is 8. The summed E-state index contributed by atoms with van der Waals surface area (Å²) in [4.78, 5) is 41.0. The van der Waals surface area contributed by atoms with Crippen LogP contribution in [0.1, 0.15) is 26.4 Å². The lowest BCUT2D eigenvalue weighted by atomic mass is 10.1. The van der Waals surface area contributed by atoms with Crippen molar-refractivity contribution in [3.8, 4) is 17.1 Å². The molecule has 0 aliphatic carbocycles. The first-order valence-corrected chi connectivity index (χ1v) is 10.3. The molecule has 33 heavy (non-hydrogen) atoms. The molecule has 1 unspecified atom stereocenters. The fourth-order valence-corrected chi connectivity index (χ4v) is 3.76. The minimum absolute atomic E-state index is 0.0446. The van der Waals surface area contributed by atoms with Gasteiger partial charge in [0.25, 0.3) is 5.91 Å². The molecular weight excluding hydrogens is 483 g/mol. The maximum absolute atomic E-state index is 13.7. The van der Waals surface area contributed by atoms with Gasteiger partial charge in [0.1, 0.15) is 28.0 Å². The number of hydrogen-bond acceptors (Lipinski definition) is 7. The molecule has 1 atom stereocenters. The lowest BCUT2D eigenvalue weighted by Crippen LogP contribution is -2.37. The third-order valence-electron chi connectivity index (χ3n) is 4.24. The van der Waals surface area contributed by atoms with Gasteiger partial charge in [-0.1, -0.05) is 17.7 Å². The topological polar surface area (TPSA) is 174 Å². The molecule has 14 heteroatoms. The van der Waals surface area contributed by atoms with E-state index in [1.165, 1.54) is 18.2 Å². The minimum atomic E-state index is -1.55. The van der Waals surface area contributed by atoms with Crippen molar-refractivity contribution in [1.82, 2.24) is 20.6 Å². The molecule has 3 rings (SSSR count).